The summed E-state index contributed by atoms with van der Waals surface area (Å²) in [7, 11) is 0. The quantitative estimate of drug-likeness (QED) is 0.869. The fourth-order valence-electron chi connectivity index (χ4n) is 2.25. The summed E-state index contributed by atoms with van der Waals surface area (Å²) in [6.45, 7) is 2.46. The van der Waals surface area contributed by atoms with Gasteiger partial charge in [-0.15, -0.1) is 0 Å². The van der Waals surface area contributed by atoms with Crippen LogP contribution in [0.15, 0.2) is 24.3 Å². The molecule has 1 N–H and O–H groups in total. The van der Waals surface area contributed by atoms with Crippen molar-refractivity contribution in [2.45, 2.75) is 19.4 Å². The van der Waals surface area contributed by atoms with Gasteiger partial charge in [0.15, 0.2) is 0 Å². The Balaban J connectivity index is 2.15. The van der Waals surface area contributed by atoms with Crippen LogP contribution in [-0.2, 0) is 4.79 Å². The largest absolute Gasteiger partial charge is 0.396 e. The van der Waals surface area contributed by atoms with Crippen LogP contribution in [0.1, 0.15) is 24.9 Å². The second kappa shape index (κ2) is 4.84. The highest BCUT2D eigenvalue weighted by Crippen LogP contribution is 2.28. The van der Waals surface area contributed by atoms with Gasteiger partial charge in [0.2, 0.25) is 5.91 Å². The molecule has 2 rings (SSSR count). The van der Waals surface area contributed by atoms with Crippen LogP contribution in [0.3, 0.4) is 0 Å². The van der Waals surface area contributed by atoms with Crippen molar-refractivity contribution in [3.05, 3.63) is 35.6 Å². The number of carbonyl (C=O) groups is 1. The van der Waals surface area contributed by atoms with E-state index in [0.717, 1.165) is 5.56 Å². The monoisotopic (exact) mass is 237 g/mol. The van der Waals surface area contributed by atoms with Gasteiger partial charge in [-0.25, -0.2) is 4.39 Å². The zero-order valence-corrected chi connectivity index (χ0v) is 9.77. The van der Waals surface area contributed by atoms with Crippen molar-refractivity contribution >= 4 is 5.91 Å². The van der Waals surface area contributed by atoms with Gasteiger partial charge in [0.05, 0.1) is 6.04 Å². The number of hydrogen-bond acceptors (Lipinski definition) is 2. The molecule has 1 fully saturated rings. The van der Waals surface area contributed by atoms with Crippen LogP contribution in [0.4, 0.5) is 4.39 Å². The van der Waals surface area contributed by atoms with Crippen molar-refractivity contribution in [3.8, 4) is 0 Å². The number of aliphatic hydroxyl groups is 1. The Hall–Kier alpha value is -1.42. The lowest BCUT2D eigenvalue weighted by atomic mass is 10.1. The van der Waals surface area contributed by atoms with Gasteiger partial charge in [0.1, 0.15) is 5.82 Å². The van der Waals surface area contributed by atoms with Crippen molar-refractivity contribution in [1.29, 1.82) is 0 Å². The predicted octanol–water partition coefficient (Wildman–Crippen LogP) is 1.73. The standard InChI is InChI=1S/C13H16FNO2/c1-9(11-3-2-4-12(14)6-11)15-7-10(8-16)5-13(15)17/h2-4,6,9-10,16H,5,7-8H2,1H3. The molecule has 1 amide bonds. The second-order valence-corrected chi connectivity index (χ2v) is 4.53. The molecule has 0 bridgehead atoms. The highest BCUT2D eigenvalue weighted by molar-refractivity contribution is 5.79. The van der Waals surface area contributed by atoms with E-state index in [0.29, 0.717) is 13.0 Å². The van der Waals surface area contributed by atoms with E-state index in [1.54, 1.807) is 11.0 Å². The molecule has 2 atom stereocenters. The van der Waals surface area contributed by atoms with Gasteiger partial charge in [-0.3, -0.25) is 4.79 Å². The van der Waals surface area contributed by atoms with E-state index in [9.17, 15) is 9.18 Å². The number of nitrogens with zero attached hydrogens (tertiary/aromatic N) is 1. The van der Waals surface area contributed by atoms with Crippen LogP contribution < -0.4 is 0 Å². The number of amides is 1. The van der Waals surface area contributed by atoms with Gasteiger partial charge in [0.25, 0.3) is 0 Å². The van der Waals surface area contributed by atoms with Gasteiger partial charge in [0, 0.05) is 25.5 Å². The molecule has 1 aliphatic rings. The summed E-state index contributed by atoms with van der Waals surface area (Å²) in [5.74, 6) is -0.251. The Bertz CT molecular complexity index is 422. The van der Waals surface area contributed by atoms with Crippen LogP contribution in [0, 0.1) is 11.7 Å². The lowest BCUT2D eigenvalue weighted by Crippen LogP contribution is -2.28. The third-order valence-electron chi connectivity index (χ3n) is 3.30. The number of carbonyl (C=O) groups excluding carboxylic acids is 1. The molecule has 3 nitrogen and oxygen atoms in total. The van der Waals surface area contributed by atoms with Crippen molar-refractivity contribution in [3.63, 3.8) is 0 Å². The van der Waals surface area contributed by atoms with Crippen LogP contribution in [0.5, 0.6) is 0 Å². The number of benzene rings is 1. The van der Waals surface area contributed by atoms with Gasteiger partial charge in [-0.05, 0) is 24.6 Å². The third kappa shape index (κ3) is 2.47. The van der Waals surface area contributed by atoms with E-state index in [2.05, 4.69) is 0 Å². The van der Waals surface area contributed by atoms with Crippen LogP contribution in [0.25, 0.3) is 0 Å². The van der Waals surface area contributed by atoms with Gasteiger partial charge in [-0.1, -0.05) is 12.1 Å². The number of halogens is 1. The zero-order valence-electron chi connectivity index (χ0n) is 9.77. The Labute approximate surface area is 99.9 Å². The highest BCUT2D eigenvalue weighted by atomic mass is 19.1. The van der Waals surface area contributed by atoms with E-state index in [-0.39, 0.29) is 30.3 Å². The van der Waals surface area contributed by atoms with Gasteiger partial charge >= 0.3 is 0 Å². The smallest absolute Gasteiger partial charge is 0.223 e. The third-order valence-corrected chi connectivity index (χ3v) is 3.30. The maximum absolute atomic E-state index is 13.1. The van der Waals surface area contributed by atoms with E-state index in [4.69, 9.17) is 5.11 Å². The van der Waals surface area contributed by atoms with Crippen LogP contribution in [-0.4, -0.2) is 29.1 Å². The van der Waals surface area contributed by atoms with Gasteiger partial charge < -0.3 is 10.0 Å². The SMILES string of the molecule is CC(c1cccc(F)c1)N1CC(CO)CC1=O. The molecule has 0 radical (unpaired) electrons. The van der Waals surface area contributed by atoms with Crippen LogP contribution in [0.2, 0.25) is 0 Å². The van der Waals surface area contributed by atoms with E-state index in [1.165, 1.54) is 12.1 Å². The molecule has 1 aromatic carbocycles. The molecular weight excluding hydrogens is 221 g/mol. The first kappa shape index (κ1) is 12.0. The molecule has 4 heteroatoms. The summed E-state index contributed by atoms with van der Waals surface area (Å²) in [6.07, 6.45) is 0.385. The first-order valence-corrected chi connectivity index (χ1v) is 5.77. The lowest BCUT2D eigenvalue weighted by Gasteiger charge is -2.25. The first-order valence-electron chi connectivity index (χ1n) is 5.77. The Kier molecular flexibility index (Phi) is 3.43. The maximum atomic E-state index is 13.1. The van der Waals surface area contributed by atoms with Crippen molar-refractivity contribution in [1.82, 2.24) is 4.90 Å². The molecular formula is C13H16FNO2. The molecule has 17 heavy (non-hydrogen) atoms. The maximum Gasteiger partial charge on any atom is 0.223 e. The minimum atomic E-state index is -0.292. The Morgan fingerprint density at radius 2 is 2.35 bits per heavy atom. The molecule has 1 aromatic rings. The topological polar surface area (TPSA) is 40.5 Å². The minimum absolute atomic E-state index is 0.0125. The summed E-state index contributed by atoms with van der Waals surface area (Å²) in [5, 5.41) is 9.06. The molecule has 0 saturated carbocycles. The normalized spacial score (nSPS) is 21.9. The predicted molar refractivity (Wildman–Crippen MR) is 61.7 cm³/mol. The molecule has 1 aliphatic heterocycles. The molecule has 1 heterocycles. The lowest BCUT2D eigenvalue weighted by molar-refractivity contribution is -0.129. The average molecular weight is 237 g/mol. The molecule has 2 unspecified atom stereocenters. The fraction of sp³-hybridized carbons (Fsp3) is 0.462. The fourth-order valence-corrected chi connectivity index (χ4v) is 2.25. The van der Waals surface area contributed by atoms with E-state index >= 15 is 0 Å². The van der Waals surface area contributed by atoms with Crippen LogP contribution >= 0.6 is 0 Å². The van der Waals surface area contributed by atoms with Crippen molar-refractivity contribution in [2.24, 2.45) is 5.92 Å². The minimum Gasteiger partial charge on any atom is -0.396 e. The highest BCUT2D eigenvalue weighted by Gasteiger charge is 2.32. The summed E-state index contributed by atoms with van der Waals surface area (Å²) < 4.78 is 13.1. The average Bonchev–Trinajstić information content (AvgIpc) is 2.69. The number of rotatable bonds is 3. The second-order valence-electron chi connectivity index (χ2n) is 4.53. The summed E-state index contributed by atoms with van der Waals surface area (Å²) >= 11 is 0. The number of likely N-dealkylation sites (tertiary alicyclic amines) is 1. The molecule has 0 aliphatic carbocycles. The van der Waals surface area contributed by atoms with E-state index < -0.39 is 0 Å². The van der Waals surface area contributed by atoms with Gasteiger partial charge in [-0.2, -0.15) is 0 Å². The first-order chi connectivity index (χ1) is 8.11. The Morgan fingerprint density at radius 3 is 2.94 bits per heavy atom. The molecule has 92 valence electrons. The zero-order chi connectivity index (χ0) is 12.4. The van der Waals surface area contributed by atoms with Crippen molar-refractivity contribution < 1.29 is 14.3 Å². The van der Waals surface area contributed by atoms with E-state index in [1.807, 2.05) is 13.0 Å². The summed E-state index contributed by atoms with van der Waals surface area (Å²) in [6, 6.07) is 6.15. The summed E-state index contributed by atoms with van der Waals surface area (Å²) in [4.78, 5) is 13.5. The summed E-state index contributed by atoms with van der Waals surface area (Å²) in [5.41, 5.74) is 0.789. The number of aliphatic hydroxyl groups excluding tert-OH is 1. The Morgan fingerprint density at radius 1 is 1.59 bits per heavy atom. The molecule has 1 saturated heterocycles. The number of hydrogen-bond donors (Lipinski definition) is 1. The van der Waals surface area contributed by atoms with Crippen molar-refractivity contribution in [2.75, 3.05) is 13.2 Å². The molecule has 0 spiro atoms. The molecule has 0 aromatic heterocycles.